The Morgan fingerprint density at radius 3 is 2.50 bits per heavy atom. The number of H-pyrrole nitrogens is 1. The van der Waals surface area contributed by atoms with Crippen LogP contribution in [-0.2, 0) is 4.74 Å². The molecule has 0 fully saturated rings. The van der Waals surface area contributed by atoms with Gasteiger partial charge in [0.2, 0.25) is 0 Å². The van der Waals surface area contributed by atoms with Gasteiger partial charge in [0.1, 0.15) is 5.69 Å². The minimum absolute atomic E-state index is 0.203. The van der Waals surface area contributed by atoms with E-state index in [4.69, 9.17) is 4.74 Å². The molecule has 3 rings (SSSR count). The Hall–Kier alpha value is -2.95. The maximum Gasteiger partial charge on any atom is 0.361 e. The molecule has 0 amide bonds. The fourth-order valence-electron chi connectivity index (χ4n) is 2.54. The van der Waals surface area contributed by atoms with Crippen LogP contribution in [0, 0.1) is 13.8 Å². The van der Waals surface area contributed by atoms with E-state index in [1.54, 1.807) is 6.92 Å². The number of hydrogen-bond acceptors (Lipinski definition) is 4. The maximum atomic E-state index is 12.0. The summed E-state index contributed by atoms with van der Waals surface area (Å²) in [5.74, 6) is -0.474. The molecular formula is C19H19N3O2. The zero-order chi connectivity index (χ0) is 17.1. The van der Waals surface area contributed by atoms with E-state index in [0.717, 1.165) is 16.7 Å². The van der Waals surface area contributed by atoms with Crippen molar-refractivity contribution in [3.63, 3.8) is 0 Å². The predicted molar refractivity (Wildman–Crippen MR) is 92.7 cm³/mol. The highest BCUT2D eigenvalue weighted by Gasteiger charge is 2.19. The zero-order valence-electron chi connectivity index (χ0n) is 14.0. The Balaban J connectivity index is 2.01. The normalized spacial score (nSPS) is 10.6. The van der Waals surface area contributed by atoms with Gasteiger partial charge in [-0.3, -0.25) is 0 Å². The first-order chi connectivity index (χ1) is 11.6. The molecule has 0 saturated heterocycles. The molecule has 24 heavy (non-hydrogen) atoms. The third-order valence-corrected chi connectivity index (χ3v) is 3.99. The number of nitrogens with zero attached hydrogens (tertiary/aromatic N) is 2. The molecule has 0 saturated carbocycles. The first-order valence-electron chi connectivity index (χ1n) is 7.86. The highest BCUT2D eigenvalue weighted by Crippen LogP contribution is 2.28. The average Bonchev–Trinajstić information content (AvgIpc) is 3.07. The van der Waals surface area contributed by atoms with Gasteiger partial charge in [0.25, 0.3) is 0 Å². The molecule has 0 bridgehead atoms. The molecule has 0 atom stereocenters. The Bertz CT molecular complexity index is 884. The number of aryl methyl sites for hydroxylation is 2. The third kappa shape index (κ3) is 3.06. The van der Waals surface area contributed by atoms with Crippen LogP contribution in [0.15, 0.2) is 42.5 Å². The van der Waals surface area contributed by atoms with Crippen LogP contribution in [0.4, 0.5) is 0 Å². The van der Waals surface area contributed by atoms with Gasteiger partial charge in [-0.15, -0.1) is 5.10 Å². The van der Waals surface area contributed by atoms with Crippen LogP contribution in [0.2, 0.25) is 0 Å². The number of carbonyl (C=O) groups is 1. The van der Waals surface area contributed by atoms with E-state index in [-0.39, 0.29) is 5.69 Å². The van der Waals surface area contributed by atoms with Crippen LogP contribution in [0.1, 0.15) is 28.5 Å². The monoisotopic (exact) mass is 321 g/mol. The highest BCUT2D eigenvalue weighted by molar-refractivity contribution is 5.94. The summed E-state index contributed by atoms with van der Waals surface area (Å²) in [5, 5.41) is 10.6. The van der Waals surface area contributed by atoms with Crippen LogP contribution < -0.4 is 0 Å². The number of ether oxygens (including phenoxy) is 1. The van der Waals surface area contributed by atoms with Gasteiger partial charge in [0.05, 0.1) is 6.61 Å². The van der Waals surface area contributed by atoms with E-state index >= 15 is 0 Å². The number of aromatic nitrogens is 3. The Morgan fingerprint density at radius 2 is 1.75 bits per heavy atom. The second kappa shape index (κ2) is 6.66. The minimum Gasteiger partial charge on any atom is -0.461 e. The first-order valence-corrected chi connectivity index (χ1v) is 7.86. The Labute approximate surface area is 140 Å². The molecule has 0 aliphatic rings. The summed E-state index contributed by atoms with van der Waals surface area (Å²) in [4.78, 5) is 12.0. The molecule has 1 N–H and O–H groups in total. The number of nitrogens with one attached hydrogen (secondary N) is 1. The van der Waals surface area contributed by atoms with Gasteiger partial charge in [-0.25, -0.2) is 4.79 Å². The largest absolute Gasteiger partial charge is 0.461 e. The molecule has 3 aromatic rings. The van der Waals surface area contributed by atoms with Crippen LogP contribution in [-0.4, -0.2) is 28.0 Å². The van der Waals surface area contributed by atoms with Crippen molar-refractivity contribution in [3.8, 4) is 22.4 Å². The van der Waals surface area contributed by atoms with Gasteiger partial charge in [0.15, 0.2) is 5.69 Å². The van der Waals surface area contributed by atoms with Crippen molar-refractivity contribution in [2.75, 3.05) is 6.61 Å². The van der Waals surface area contributed by atoms with Gasteiger partial charge in [0, 0.05) is 5.56 Å². The number of carbonyl (C=O) groups excluding carboxylic acids is 1. The van der Waals surface area contributed by atoms with Crippen LogP contribution >= 0.6 is 0 Å². The predicted octanol–water partition coefficient (Wildman–Crippen LogP) is 3.93. The first kappa shape index (κ1) is 15.9. The van der Waals surface area contributed by atoms with Crippen molar-refractivity contribution in [2.24, 2.45) is 0 Å². The van der Waals surface area contributed by atoms with E-state index in [9.17, 15) is 4.79 Å². The van der Waals surface area contributed by atoms with Crippen molar-refractivity contribution in [1.82, 2.24) is 15.4 Å². The lowest BCUT2D eigenvalue weighted by Crippen LogP contribution is -2.06. The lowest BCUT2D eigenvalue weighted by Gasteiger charge is -2.07. The maximum absolute atomic E-state index is 12.0. The van der Waals surface area contributed by atoms with E-state index < -0.39 is 5.97 Å². The summed E-state index contributed by atoms with van der Waals surface area (Å²) in [6.45, 7) is 6.25. The Kier molecular flexibility index (Phi) is 4.42. The van der Waals surface area contributed by atoms with Gasteiger partial charge >= 0.3 is 5.97 Å². The topological polar surface area (TPSA) is 67.9 Å². The van der Waals surface area contributed by atoms with Gasteiger partial charge in [-0.1, -0.05) is 36.4 Å². The second-order valence-electron chi connectivity index (χ2n) is 5.62. The van der Waals surface area contributed by atoms with Crippen LogP contribution in [0.3, 0.4) is 0 Å². The summed E-state index contributed by atoms with van der Waals surface area (Å²) in [6, 6.07) is 14.3. The quantitative estimate of drug-likeness (QED) is 0.739. The van der Waals surface area contributed by atoms with Gasteiger partial charge in [-0.2, -0.15) is 10.3 Å². The SMILES string of the molecule is CCOC(=O)c1n[nH]nc1-c1cccc(-c2ccc(C)c(C)c2)c1. The van der Waals surface area contributed by atoms with Crippen molar-refractivity contribution >= 4 is 5.97 Å². The highest BCUT2D eigenvalue weighted by atomic mass is 16.5. The second-order valence-corrected chi connectivity index (χ2v) is 5.62. The summed E-state index contributed by atoms with van der Waals surface area (Å²) in [6.07, 6.45) is 0. The average molecular weight is 321 g/mol. The number of benzene rings is 2. The summed E-state index contributed by atoms with van der Waals surface area (Å²) in [7, 11) is 0. The van der Waals surface area contributed by atoms with E-state index in [1.807, 2.05) is 24.3 Å². The van der Waals surface area contributed by atoms with Crippen molar-refractivity contribution in [3.05, 3.63) is 59.3 Å². The molecule has 0 aliphatic heterocycles. The number of hydrogen-bond donors (Lipinski definition) is 1. The van der Waals surface area contributed by atoms with E-state index in [2.05, 4.69) is 47.5 Å². The fourth-order valence-corrected chi connectivity index (χ4v) is 2.54. The molecular weight excluding hydrogens is 302 g/mol. The molecule has 122 valence electrons. The smallest absolute Gasteiger partial charge is 0.361 e. The van der Waals surface area contributed by atoms with Crippen LogP contribution in [0.5, 0.6) is 0 Å². The number of aromatic amines is 1. The molecule has 2 aromatic carbocycles. The lowest BCUT2D eigenvalue weighted by molar-refractivity contribution is 0.0520. The van der Waals surface area contributed by atoms with Gasteiger partial charge in [-0.05, 0) is 49.1 Å². The summed E-state index contributed by atoms with van der Waals surface area (Å²) in [5.41, 5.74) is 6.22. The van der Waals surface area contributed by atoms with E-state index in [0.29, 0.717) is 12.3 Å². The molecule has 5 heteroatoms. The number of rotatable bonds is 4. The molecule has 0 radical (unpaired) electrons. The Morgan fingerprint density at radius 1 is 1.00 bits per heavy atom. The molecule has 0 aliphatic carbocycles. The summed E-state index contributed by atoms with van der Waals surface area (Å²) >= 11 is 0. The number of esters is 1. The van der Waals surface area contributed by atoms with Gasteiger partial charge < -0.3 is 4.74 Å². The summed E-state index contributed by atoms with van der Waals surface area (Å²) < 4.78 is 5.03. The zero-order valence-corrected chi connectivity index (χ0v) is 14.0. The van der Waals surface area contributed by atoms with Crippen molar-refractivity contribution in [2.45, 2.75) is 20.8 Å². The van der Waals surface area contributed by atoms with Crippen molar-refractivity contribution < 1.29 is 9.53 Å². The van der Waals surface area contributed by atoms with E-state index in [1.165, 1.54) is 11.1 Å². The third-order valence-electron chi connectivity index (χ3n) is 3.99. The molecule has 0 unspecified atom stereocenters. The molecule has 0 spiro atoms. The van der Waals surface area contributed by atoms with Crippen LogP contribution in [0.25, 0.3) is 22.4 Å². The molecule has 1 aromatic heterocycles. The minimum atomic E-state index is -0.474. The lowest BCUT2D eigenvalue weighted by atomic mass is 9.98. The standard InChI is InChI=1S/C19H19N3O2/c1-4-24-19(23)18-17(20-22-21-18)16-7-5-6-14(11-16)15-9-8-12(2)13(3)10-15/h5-11H,4H2,1-3H3,(H,20,21,22). The fraction of sp³-hybridized carbons (Fsp3) is 0.211. The van der Waals surface area contributed by atoms with Crippen molar-refractivity contribution in [1.29, 1.82) is 0 Å². The molecule has 1 heterocycles. The molecule has 5 nitrogen and oxygen atoms in total.